The molecule has 0 radical (unpaired) electrons. The Labute approximate surface area is 92.3 Å². The van der Waals surface area contributed by atoms with E-state index in [0.29, 0.717) is 0 Å². The average Bonchev–Trinajstić information content (AvgIpc) is 2.18. The van der Waals surface area contributed by atoms with Crippen molar-refractivity contribution in [3.05, 3.63) is 41.6 Å². The number of nitrogens with zero attached hydrogens (tertiary/aromatic N) is 1. The number of alkyl halides is 1. The van der Waals surface area contributed by atoms with Crippen molar-refractivity contribution in [1.29, 1.82) is 0 Å². The van der Waals surface area contributed by atoms with Crippen molar-refractivity contribution < 1.29 is 0 Å². The minimum absolute atomic E-state index is 1.00. The third-order valence-corrected chi connectivity index (χ3v) is 2.69. The van der Waals surface area contributed by atoms with E-state index in [0.717, 1.165) is 23.0 Å². The molecule has 2 aromatic rings. The Bertz CT molecular complexity index is 451. The Balaban J connectivity index is 2.67. The zero-order valence-corrected chi connectivity index (χ0v) is 9.71. The first-order valence-corrected chi connectivity index (χ1v) is 5.84. The molecule has 0 saturated heterocycles. The summed E-state index contributed by atoms with van der Waals surface area (Å²) in [5.74, 6) is 0. The molecule has 0 spiro atoms. The predicted octanol–water partition coefficient (Wildman–Crippen LogP) is 3.48. The molecule has 0 bridgehead atoms. The second-order valence-corrected chi connectivity index (χ2v) is 4.17. The summed E-state index contributed by atoms with van der Waals surface area (Å²) in [5, 5.41) is 2.28. The van der Waals surface area contributed by atoms with Crippen molar-refractivity contribution in [3.63, 3.8) is 0 Å². The summed E-state index contributed by atoms with van der Waals surface area (Å²) >= 11 is 3.48. The maximum atomic E-state index is 4.50. The predicted molar refractivity (Wildman–Crippen MR) is 64.0 cm³/mol. The van der Waals surface area contributed by atoms with E-state index in [1.807, 2.05) is 13.0 Å². The molecule has 0 atom stereocenters. The van der Waals surface area contributed by atoms with E-state index in [9.17, 15) is 0 Å². The number of halogens is 1. The number of rotatable bonds is 2. The van der Waals surface area contributed by atoms with Gasteiger partial charge in [-0.2, -0.15) is 0 Å². The molecule has 0 aliphatic heterocycles. The minimum atomic E-state index is 1.00. The van der Waals surface area contributed by atoms with E-state index >= 15 is 0 Å². The lowest BCUT2D eigenvalue weighted by Crippen LogP contribution is -1.92. The highest BCUT2D eigenvalue weighted by molar-refractivity contribution is 9.09. The van der Waals surface area contributed by atoms with Crippen molar-refractivity contribution in [2.24, 2.45) is 0 Å². The summed E-state index contributed by atoms with van der Waals surface area (Å²) in [6.45, 7) is 2.05. The highest BCUT2D eigenvalue weighted by Crippen LogP contribution is 2.18. The van der Waals surface area contributed by atoms with Gasteiger partial charge in [0.2, 0.25) is 0 Å². The molecule has 0 amide bonds. The van der Waals surface area contributed by atoms with Gasteiger partial charge in [0.25, 0.3) is 0 Å². The molecule has 0 N–H and O–H groups in total. The SMILES string of the molecule is Cc1cc(CCBr)c2ccccc2n1. The van der Waals surface area contributed by atoms with Crippen molar-refractivity contribution >= 4 is 26.8 Å². The molecule has 0 aliphatic rings. The standard InChI is InChI=1S/C12H12BrN/c1-9-8-10(6-7-13)11-4-2-3-5-12(11)14-9/h2-5,8H,6-7H2,1H3. The first-order chi connectivity index (χ1) is 6.81. The van der Waals surface area contributed by atoms with Gasteiger partial charge in [-0.3, -0.25) is 4.98 Å². The number of fused-ring (bicyclic) bond motifs is 1. The highest BCUT2D eigenvalue weighted by Gasteiger charge is 2.01. The molecular weight excluding hydrogens is 238 g/mol. The molecule has 1 nitrogen and oxygen atoms in total. The summed E-state index contributed by atoms with van der Waals surface area (Å²) in [6.07, 6.45) is 1.06. The summed E-state index contributed by atoms with van der Waals surface area (Å²) in [7, 11) is 0. The van der Waals surface area contributed by atoms with Gasteiger partial charge < -0.3 is 0 Å². The zero-order chi connectivity index (χ0) is 9.97. The summed E-state index contributed by atoms with van der Waals surface area (Å²) < 4.78 is 0. The van der Waals surface area contributed by atoms with Crippen LogP contribution in [-0.2, 0) is 6.42 Å². The van der Waals surface area contributed by atoms with E-state index in [-0.39, 0.29) is 0 Å². The first kappa shape index (κ1) is 9.66. The number of hydrogen-bond donors (Lipinski definition) is 0. The van der Waals surface area contributed by atoms with Gasteiger partial charge in [-0.25, -0.2) is 0 Å². The largest absolute Gasteiger partial charge is 0.253 e. The van der Waals surface area contributed by atoms with Crippen LogP contribution in [-0.4, -0.2) is 10.3 Å². The van der Waals surface area contributed by atoms with E-state index in [1.54, 1.807) is 0 Å². The molecule has 0 aliphatic carbocycles. The molecule has 1 heterocycles. The monoisotopic (exact) mass is 249 g/mol. The van der Waals surface area contributed by atoms with Crippen LogP contribution in [0.5, 0.6) is 0 Å². The van der Waals surface area contributed by atoms with Crippen LogP contribution in [0.2, 0.25) is 0 Å². The van der Waals surface area contributed by atoms with E-state index < -0.39 is 0 Å². The second-order valence-electron chi connectivity index (χ2n) is 3.38. The number of pyridine rings is 1. The summed E-state index contributed by atoms with van der Waals surface area (Å²) in [5.41, 5.74) is 3.58. The van der Waals surface area contributed by atoms with Crippen LogP contribution in [0, 0.1) is 6.92 Å². The van der Waals surface area contributed by atoms with Crippen LogP contribution in [0.4, 0.5) is 0 Å². The van der Waals surface area contributed by atoms with Gasteiger partial charge in [0.05, 0.1) is 5.52 Å². The van der Waals surface area contributed by atoms with Crippen LogP contribution in [0.25, 0.3) is 10.9 Å². The molecule has 2 rings (SSSR count). The molecular formula is C12H12BrN. The quantitative estimate of drug-likeness (QED) is 0.743. The molecule has 0 saturated carbocycles. The van der Waals surface area contributed by atoms with Crippen molar-refractivity contribution in [1.82, 2.24) is 4.98 Å². The molecule has 0 fully saturated rings. The normalized spacial score (nSPS) is 10.7. The molecule has 72 valence electrons. The average molecular weight is 250 g/mol. The van der Waals surface area contributed by atoms with Crippen LogP contribution >= 0.6 is 15.9 Å². The first-order valence-electron chi connectivity index (χ1n) is 4.72. The highest BCUT2D eigenvalue weighted by atomic mass is 79.9. The van der Waals surface area contributed by atoms with E-state index in [1.165, 1.54) is 10.9 Å². The number of para-hydroxylation sites is 1. The van der Waals surface area contributed by atoms with Gasteiger partial charge in [0.15, 0.2) is 0 Å². The fraction of sp³-hybridized carbons (Fsp3) is 0.250. The summed E-state index contributed by atoms with van der Waals surface area (Å²) in [6, 6.07) is 10.5. The van der Waals surface area contributed by atoms with Gasteiger partial charge >= 0.3 is 0 Å². The van der Waals surface area contributed by atoms with Crippen LogP contribution in [0.3, 0.4) is 0 Å². The lowest BCUT2D eigenvalue weighted by atomic mass is 10.1. The van der Waals surface area contributed by atoms with Gasteiger partial charge in [-0.05, 0) is 31.0 Å². The lowest BCUT2D eigenvalue weighted by Gasteiger charge is -2.05. The Kier molecular flexibility index (Phi) is 2.82. The van der Waals surface area contributed by atoms with Gasteiger partial charge in [-0.15, -0.1) is 0 Å². The molecule has 0 unspecified atom stereocenters. The third-order valence-electron chi connectivity index (χ3n) is 2.29. The van der Waals surface area contributed by atoms with Crippen LogP contribution < -0.4 is 0 Å². The fourth-order valence-electron chi connectivity index (χ4n) is 1.70. The fourth-order valence-corrected chi connectivity index (χ4v) is 2.13. The number of benzene rings is 1. The van der Waals surface area contributed by atoms with Crippen molar-refractivity contribution in [3.8, 4) is 0 Å². The third kappa shape index (κ3) is 1.80. The Morgan fingerprint density at radius 3 is 2.86 bits per heavy atom. The maximum absolute atomic E-state index is 4.50. The van der Waals surface area contributed by atoms with E-state index in [2.05, 4.69) is 45.2 Å². The van der Waals surface area contributed by atoms with Crippen molar-refractivity contribution in [2.75, 3.05) is 5.33 Å². The number of aromatic nitrogens is 1. The molecule has 1 aromatic heterocycles. The molecule has 1 aromatic carbocycles. The van der Waals surface area contributed by atoms with Gasteiger partial charge in [0.1, 0.15) is 0 Å². The smallest absolute Gasteiger partial charge is 0.0707 e. The second kappa shape index (κ2) is 4.09. The Hall–Kier alpha value is -0.890. The van der Waals surface area contributed by atoms with Crippen LogP contribution in [0.1, 0.15) is 11.3 Å². The van der Waals surface area contributed by atoms with Gasteiger partial charge in [-0.1, -0.05) is 34.1 Å². The maximum Gasteiger partial charge on any atom is 0.0707 e. The minimum Gasteiger partial charge on any atom is -0.253 e. The topological polar surface area (TPSA) is 12.9 Å². The zero-order valence-electron chi connectivity index (χ0n) is 8.13. The van der Waals surface area contributed by atoms with Crippen LogP contribution in [0.15, 0.2) is 30.3 Å². The van der Waals surface area contributed by atoms with E-state index in [4.69, 9.17) is 0 Å². The lowest BCUT2D eigenvalue weighted by molar-refractivity contribution is 1.14. The number of hydrogen-bond acceptors (Lipinski definition) is 1. The molecule has 2 heteroatoms. The van der Waals surface area contributed by atoms with Crippen molar-refractivity contribution in [2.45, 2.75) is 13.3 Å². The number of aryl methyl sites for hydroxylation is 2. The summed E-state index contributed by atoms with van der Waals surface area (Å²) in [4.78, 5) is 4.50. The Morgan fingerprint density at radius 1 is 1.29 bits per heavy atom. The van der Waals surface area contributed by atoms with Gasteiger partial charge in [0, 0.05) is 16.4 Å². The Morgan fingerprint density at radius 2 is 2.07 bits per heavy atom. The molecule has 14 heavy (non-hydrogen) atoms.